The van der Waals surface area contributed by atoms with Gasteiger partial charge in [0.25, 0.3) is 5.91 Å². The Hall–Kier alpha value is -2.96. The van der Waals surface area contributed by atoms with Crippen molar-refractivity contribution in [3.8, 4) is 0 Å². The van der Waals surface area contributed by atoms with Gasteiger partial charge in [-0.25, -0.2) is 4.52 Å². The van der Waals surface area contributed by atoms with Crippen molar-refractivity contribution in [3.05, 3.63) is 47.4 Å². The fourth-order valence-electron chi connectivity index (χ4n) is 2.32. The van der Waals surface area contributed by atoms with Crippen LogP contribution in [0.25, 0.3) is 5.65 Å². The summed E-state index contributed by atoms with van der Waals surface area (Å²) in [6.07, 6.45) is 0. The van der Waals surface area contributed by atoms with Gasteiger partial charge in [0.05, 0.1) is 11.4 Å². The number of aryl methyl sites for hydroxylation is 2. The third kappa shape index (κ3) is 2.85. The van der Waals surface area contributed by atoms with Crippen molar-refractivity contribution < 1.29 is 4.79 Å². The van der Waals surface area contributed by atoms with E-state index in [1.54, 1.807) is 11.4 Å². The summed E-state index contributed by atoms with van der Waals surface area (Å²) in [6, 6.07) is 9.41. The first kappa shape index (κ1) is 15.0. The Balaban J connectivity index is 1.87. The lowest BCUT2D eigenvalue weighted by atomic mass is 10.2. The second-order valence-electron chi connectivity index (χ2n) is 5.59. The molecule has 0 saturated carbocycles. The van der Waals surface area contributed by atoms with Gasteiger partial charge < -0.3 is 10.2 Å². The first-order valence-electron chi connectivity index (χ1n) is 7.24. The van der Waals surface area contributed by atoms with E-state index in [0.29, 0.717) is 17.0 Å². The Kier molecular flexibility index (Phi) is 3.69. The van der Waals surface area contributed by atoms with Gasteiger partial charge in [-0.1, -0.05) is 0 Å². The van der Waals surface area contributed by atoms with Gasteiger partial charge in [-0.2, -0.15) is 5.10 Å². The van der Waals surface area contributed by atoms with Gasteiger partial charge in [-0.05, 0) is 38.1 Å². The first-order valence-corrected chi connectivity index (χ1v) is 7.24. The third-order valence-corrected chi connectivity index (χ3v) is 3.58. The molecular weight excluding hydrogens is 292 g/mol. The Morgan fingerprint density at radius 2 is 1.83 bits per heavy atom. The fourth-order valence-corrected chi connectivity index (χ4v) is 2.32. The Labute approximate surface area is 133 Å². The second kappa shape index (κ2) is 5.68. The van der Waals surface area contributed by atoms with Crippen LogP contribution in [0.5, 0.6) is 0 Å². The van der Waals surface area contributed by atoms with Gasteiger partial charge in [0.15, 0.2) is 11.3 Å². The Bertz CT molecular complexity index is 866. The maximum Gasteiger partial charge on any atom is 0.278 e. The van der Waals surface area contributed by atoms with Crippen LogP contribution in [-0.4, -0.2) is 39.8 Å². The lowest BCUT2D eigenvalue weighted by Crippen LogP contribution is -2.18. The molecule has 0 aliphatic carbocycles. The van der Waals surface area contributed by atoms with Crippen LogP contribution in [0.3, 0.4) is 0 Å². The largest absolute Gasteiger partial charge is 0.378 e. The van der Waals surface area contributed by atoms with Gasteiger partial charge in [0.1, 0.15) is 0 Å². The summed E-state index contributed by atoms with van der Waals surface area (Å²) in [5, 5.41) is 15.2. The predicted molar refractivity (Wildman–Crippen MR) is 89.0 cm³/mol. The number of nitrogens with one attached hydrogen (secondary N) is 1. The smallest absolute Gasteiger partial charge is 0.278 e. The molecule has 0 radical (unpaired) electrons. The van der Waals surface area contributed by atoms with E-state index >= 15 is 0 Å². The summed E-state index contributed by atoms with van der Waals surface area (Å²) < 4.78 is 1.63. The van der Waals surface area contributed by atoms with Crippen LogP contribution in [0.1, 0.15) is 21.9 Å². The maximum atomic E-state index is 12.4. The summed E-state index contributed by atoms with van der Waals surface area (Å²) in [5.74, 6) is -0.303. The number of anilines is 2. The molecule has 23 heavy (non-hydrogen) atoms. The number of fused-ring (bicyclic) bond motifs is 1. The molecule has 3 aromatic rings. The highest BCUT2D eigenvalue weighted by atomic mass is 16.2. The van der Waals surface area contributed by atoms with E-state index in [2.05, 4.69) is 20.6 Å². The molecule has 118 valence electrons. The third-order valence-electron chi connectivity index (χ3n) is 3.58. The molecule has 0 aliphatic heterocycles. The maximum absolute atomic E-state index is 12.4. The highest BCUT2D eigenvalue weighted by Gasteiger charge is 2.16. The minimum atomic E-state index is -0.303. The summed E-state index contributed by atoms with van der Waals surface area (Å²) in [5.41, 5.74) is 4.15. The van der Waals surface area contributed by atoms with Crippen LogP contribution < -0.4 is 10.2 Å². The predicted octanol–water partition coefficient (Wildman–Crippen LogP) is 2.06. The molecule has 2 heterocycles. The SMILES string of the molecule is Cc1cc2nnc(C(=O)Nc3ccc(N(C)C)cc3)c(C)n2n1. The van der Waals surface area contributed by atoms with Crippen LogP contribution in [0.2, 0.25) is 0 Å². The Morgan fingerprint density at radius 3 is 2.48 bits per heavy atom. The summed E-state index contributed by atoms with van der Waals surface area (Å²) in [7, 11) is 3.93. The minimum Gasteiger partial charge on any atom is -0.378 e. The normalized spacial score (nSPS) is 10.8. The lowest BCUT2D eigenvalue weighted by Gasteiger charge is -2.13. The van der Waals surface area contributed by atoms with Crippen LogP contribution in [0.15, 0.2) is 30.3 Å². The van der Waals surface area contributed by atoms with E-state index < -0.39 is 0 Å². The van der Waals surface area contributed by atoms with Gasteiger partial charge in [0, 0.05) is 31.5 Å². The van der Waals surface area contributed by atoms with E-state index in [4.69, 9.17) is 0 Å². The highest BCUT2D eigenvalue weighted by molar-refractivity contribution is 6.03. The zero-order valence-corrected chi connectivity index (χ0v) is 13.5. The van der Waals surface area contributed by atoms with Crippen molar-refractivity contribution in [2.75, 3.05) is 24.3 Å². The number of benzene rings is 1. The molecule has 0 unspecified atom stereocenters. The first-order chi connectivity index (χ1) is 11.0. The number of aromatic nitrogens is 4. The minimum absolute atomic E-state index is 0.261. The van der Waals surface area contributed by atoms with Crippen molar-refractivity contribution in [3.63, 3.8) is 0 Å². The zero-order valence-electron chi connectivity index (χ0n) is 13.5. The van der Waals surface area contributed by atoms with Crippen molar-refractivity contribution in [2.45, 2.75) is 13.8 Å². The lowest BCUT2D eigenvalue weighted by molar-refractivity contribution is 0.102. The van der Waals surface area contributed by atoms with E-state index in [1.165, 1.54) is 0 Å². The molecule has 0 bridgehead atoms. The fraction of sp³-hybridized carbons (Fsp3) is 0.250. The molecule has 0 spiro atoms. The number of carbonyl (C=O) groups is 1. The quantitative estimate of drug-likeness (QED) is 0.801. The molecule has 0 aliphatic rings. The van der Waals surface area contributed by atoms with Gasteiger partial charge in [-0.3, -0.25) is 4.79 Å². The Morgan fingerprint density at radius 1 is 1.13 bits per heavy atom. The van der Waals surface area contributed by atoms with Gasteiger partial charge >= 0.3 is 0 Å². The van der Waals surface area contributed by atoms with Crippen LogP contribution in [0.4, 0.5) is 11.4 Å². The topological polar surface area (TPSA) is 75.4 Å². The number of rotatable bonds is 3. The monoisotopic (exact) mass is 310 g/mol. The van der Waals surface area contributed by atoms with Gasteiger partial charge in [0.2, 0.25) is 0 Å². The average Bonchev–Trinajstić information content (AvgIpc) is 2.89. The highest BCUT2D eigenvalue weighted by Crippen LogP contribution is 2.17. The van der Waals surface area contributed by atoms with Crippen molar-refractivity contribution >= 4 is 22.9 Å². The molecule has 7 heteroatoms. The molecule has 7 nitrogen and oxygen atoms in total. The number of carbonyl (C=O) groups excluding carboxylic acids is 1. The number of nitrogens with zero attached hydrogens (tertiary/aromatic N) is 5. The summed E-state index contributed by atoms with van der Waals surface area (Å²) in [4.78, 5) is 14.4. The second-order valence-corrected chi connectivity index (χ2v) is 5.59. The van der Waals surface area contributed by atoms with E-state index in [9.17, 15) is 4.79 Å². The zero-order chi connectivity index (χ0) is 16.6. The standard InChI is InChI=1S/C16H18N6O/c1-10-9-14-18-19-15(11(2)22(14)20-10)16(23)17-12-5-7-13(8-6-12)21(3)4/h5-9H,1-4H3,(H,17,23). The molecule has 1 amide bonds. The molecular formula is C16H18N6O. The van der Waals surface area contributed by atoms with Crippen molar-refractivity contribution in [2.24, 2.45) is 0 Å². The van der Waals surface area contributed by atoms with Crippen LogP contribution in [0, 0.1) is 13.8 Å². The average molecular weight is 310 g/mol. The van der Waals surface area contributed by atoms with E-state index in [-0.39, 0.29) is 11.6 Å². The molecule has 0 fully saturated rings. The molecule has 1 aromatic carbocycles. The van der Waals surface area contributed by atoms with Crippen molar-refractivity contribution in [1.82, 2.24) is 19.8 Å². The molecule has 0 saturated heterocycles. The van der Waals surface area contributed by atoms with E-state index in [1.807, 2.05) is 56.3 Å². The molecule has 3 rings (SSSR count). The van der Waals surface area contributed by atoms with Crippen molar-refractivity contribution in [1.29, 1.82) is 0 Å². The van der Waals surface area contributed by atoms with E-state index in [0.717, 1.165) is 11.4 Å². The summed E-state index contributed by atoms with van der Waals surface area (Å²) >= 11 is 0. The van der Waals surface area contributed by atoms with Crippen LogP contribution in [-0.2, 0) is 0 Å². The number of amides is 1. The number of hydrogen-bond donors (Lipinski definition) is 1. The summed E-state index contributed by atoms with van der Waals surface area (Å²) in [6.45, 7) is 3.68. The van der Waals surface area contributed by atoms with Crippen LogP contribution >= 0.6 is 0 Å². The number of hydrogen-bond acceptors (Lipinski definition) is 5. The molecule has 1 N–H and O–H groups in total. The van der Waals surface area contributed by atoms with Gasteiger partial charge in [-0.15, -0.1) is 10.2 Å². The molecule has 2 aromatic heterocycles. The molecule has 0 atom stereocenters.